The Morgan fingerprint density at radius 1 is 1.33 bits per heavy atom. The third-order valence-corrected chi connectivity index (χ3v) is 3.92. The second kappa shape index (κ2) is 6.83. The van der Waals surface area contributed by atoms with Crippen LogP contribution in [0.1, 0.15) is 21.7 Å². The molecule has 2 rings (SSSR count). The molecule has 1 N–H and O–H groups in total. The van der Waals surface area contributed by atoms with Crippen LogP contribution in [0.3, 0.4) is 0 Å². The molecule has 0 aliphatic carbocycles. The van der Waals surface area contributed by atoms with Crippen molar-refractivity contribution in [3.8, 4) is 0 Å². The number of aromatic nitrogens is 2. The average Bonchev–Trinajstić information content (AvgIpc) is 2.62. The van der Waals surface area contributed by atoms with E-state index < -0.39 is 0 Å². The molecule has 0 aliphatic rings. The Labute approximate surface area is 118 Å². The standard InChI is InChI=1S/C13H17N2OS.ClH/c1-10-5-12(7-14-6-10)8-15-9-17-13(3-4-16)11(15)2;/h5-7,9,16H,3-4,8H2,1-2H3;1H/q+1;/p-1. The van der Waals surface area contributed by atoms with Gasteiger partial charge in [0.05, 0.1) is 4.88 Å². The van der Waals surface area contributed by atoms with Gasteiger partial charge in [0, 0.05) is 37.9 Å². The Kier molecular flexibility index (Phi) is 5.72. The first kappa shape index (κ1) is 15.1. The first-order valence-electron chi connectivity index (χ1n) is 5.68. The van der Waals surface area contributed by atoms with Crippen molar-refractivity contribution in [1.29, 1.82) is 0 Å². The van der Waals surface area contributed by atoms with Crippen molar-refractivity contribution in [2.45, 2.75) is 26.8 Å². The van der Waals surface area contributed by atoms with Gasteiger partial charge in [0.25, 0.3) is 0 Å². The highest BCUT2D eigenvalue weighted by Crippen LogP contribution is 2.12. The maximum absolute atomic E-state index is 8.97. The van der Waals surface area contributed by atoms with Crippen LogP contribution in [0.5, 0.6) is 0 Å². The van der Waals surface area contributed by atoms with Gasteiger partial charge in [-0.05, 0) is 18.6 Å². The van der Waals surface area contributed by atoms with Crippen LogP contribution in [0.25, 0.3) is 0 Å². The van der Waals surface area contributed by atoms with Crippen LogP contribution in [-0.2, 0) is 13.0 Å². The number of thiazole rings is 1. The SMILES string of the molecule is Cc1cncc(C[n+]2csc(CCO)c2C)c1.[Cl-]. The van der Waals surface area contributed by atoms with Gasteiger partial charge in [0.2, 0.25) is 5.51 Å². The molecular weight excluding hydrogens is 268 g/mol. The van der Waals surface area contributed by atoms with Crippen molar-refractivity contribution in [2.24, 2.45) is 0 Å². The lowest BCUT2D eigenvalue weighted by molar-refractivity contribution is -0.689. The lowest BCUT2D eigenvalue weighted by atomic mass is 10.2. The summed E-state index contributed by atoms with van der Waals surface area (Å²) in [5.74, 6) is 0. The van der Waals surface area contributed by atoms with E-state index in [2.05, 4.69) is 35.0 Å². The predicted octanol–water partition coefficient (Wildman–Crippen LogP) is -1.37. The van der Waals surface area contributed by atoms with Crippen LogP contribution in [0, 0.1) is 13.8 Å². The highest BCUT2D eigenvalue weighted by molar-refractivity contribution is 7.09. The Morgan fingerprint density at radius 2 is 2.11 bits per heavy atom. The predicted molar refractivity (Wildman–Crippen MR) is 68.1 cm³/mol. The van der Waals surface area contributed by atoms with Gasteiger partial charge >= 0.3 is 0 Å². The van der Waals surface area contributed by atoms with Crippen LogP contribution in [0.2, 0.25) is 0 Å². The van der Waals surface area contributed by atoms with E-state index >= 15 is 0 Å². The molecule has 2 heterocycles. The van der Waals surface area contributed by atoms with Crippen molar-refractivity contribution >= 4 is 11.3 Å². The van der Waals surface area contributed by atoms with E-state index in [1.165, 1.54) is 21.7 Å². The zero-order valence-electron chi connectivity index (χ0n) is 10.6. The maximum Gasteiger partial charge on any atom is 0.225 e. The highest BCUT2D eigenvalue weighted by atomic mass is 35.5. The van der Waals surface area contributed by atoms with Crippen molar-refractivity contribution < 1.29 is 22.1 Å². The molecule has 0 atom stereocenters. The second-order valence-corrected chi connectivity index (χ2v) is 5.14. The fraction of sp³-hybridized carbons (Fsp3) is 0.385. The van der Waals surface area contributed by atoms with Crippen molar-refractivity contribution in [3.05, 3.63) is 45.7 Å². The third-order valence-electron chi connectivity index (χ3n) is 2.78. The molecule has 2 aromatic heterocycles. The molecule has 0 unspecified atom stereocenters. The molecule has 18 heavy (non-hydrogen) atoms. The smallest absolute Gasteiger partial charge is 0.225 e. The first-order chi connectivity index (χ1) is 8.20. The molecule has 0 spiro atoms. The van der Waals surface area contributed by atoms with E-state index in [0.29, 0.717) is 0 Å². The van der Waals surface area contributed by atoms with E-state index in [1.807, 2.05) is 12.4 Å². The second-order valence-electron chi connectivity index (χ2n) is 4.20. The number of aryl methyl sites for hydroxylation is 1. The minimum atomic E-state index is 0. The molecule has 0 aromatic carbocycles. The van der Waals surface area contributed by atoms with Gasteiger partial charge in [-0.2, -0.15) is 4.57 Å². The summed E-state index contributed by atoms with van der Waals surface area (Å²) in [4.78, 5) is 5.46. The Morgan fingerprint density at radius 3 is 2.78 bits per heavy atom. The van der Waals surface area contributed by atoms with Gasteiger partial charge < -0.3 is 17.5 Å². The fourth-order valence-electron chi connectivity index (χ4n) is 1.85. The molecule has 98 valence electrons. The van der Waals surface area contributed by atoms with Crippen LogP contribution in [-0.4, -0.2) is 16.7 Å². The quantitative estimate of drug-likeness (QED) is 0.704. The van der Waals surface area contributed by atoms with Crippen molar-refractivity contribution in [1.82, 2.24) is 4.98 Å². The minimum absolute atomic E-state index is 0. The number of hydrogen-bond donors (Lipinski definition) is 1. The minimum Gasteiger partial charge on any atom is -1.00 e. The highest BCUT2D eigenvalue weighted by Gasteiger charge is 2.15. The van der Waals surface area contributed by atoms with Crippen LogP contribution in [0.4, 0.5) is 0 Å². The van der Waals surface area contributed by atoms with E-state index in [4.69, 9.17) is 5.11 Å². The molecule has 0 saturated heterocycles. The molecule has 0 aliphatic heterocycles. The maximum atomic E-state index is 8.97. The molecule has 2 aromatic rings. The number of aliphatic hydroxyl groups is 1. The average molecular weight is 285 g/mol. The molecular formula is C13H17ClN2OS. The van der Waals surface area contributed by atoms with Gasteiger partial charge in [0.15, 0.2) is 12.2 Å². The largest absolute Gasteiger partial charge is 1.00 e. The van der Waals surface area contributed by atoms with Gasteiger partial charge in [0.1, 0.15) is 0 Å². The van der Waals surface area contributed by atoms with Gasteiger partial charge in [-0.3, -0.25) is 4.98 Å². The molecule has 0 fully saturated rings. The summed E-state index contributed by atoms with van der Waals surface area (Å²) in [7, 11) is 0. The summed E-state index contributed by atoms with van der Waals surface area (Å²) in [6.45, 7) is 5.22. The van der Waals surface area contributed by atoms with Crippen LogP contribution < -0.4 is 17.0 Å². The normalized spacial score (nSPS) is 10.2. The lowest BCUT2D eigenvalue weighted by Gasteiger charge is -1.98. The molecule has 0 saturated carbocycles. The summed E-state index contributed by atoms with van der Waals surface area (Å²) in [5, 5.41) is 8.97. The number of pyridine rings is 1. The molecule has 0 radical (unpaired) electrons. The number of nitrogens with zero attached hydrogens (tertiary/aromatic N) is 2. The Hall–Kier alpha value is -0.970. The monoisotopic (exact) mass is 284 g/mol. The summed E-state index contributed by atoms with van der Waals surface area (Å²) >= 11 is 1.71. The van der Waals surface area contributed by atoms with Gasteiger partial charge in [-0.25, -0.2) is 0 Å². The molecule has 3 nitrogen and oxygen atoms in total. The van der Waals surface area contributed by atoms with Crippen molar-refractivity contribution in [3.63, 3.8) is 0 Å². The number of rotatable bonds is 4. The molecule has 5 heteroatoms. The zero-order valence-corrected chi connectivity index (χ0v) is 12.1. The van der Waals surface area contributed by atoms with Crippen LogP contribution >= 0.6 is 11.3 Å². The van der Waals surface area contributed by atoms with Gasteiger partial charge in [-0.15, -0.1) is 0 Å². The van der Waals surface area contributed by atoms with E-state index in [9.17, 15) is 0 Å². The van der Waals surface area contributed by atoms with Crippen LogP contribution in [0.15, 0.2) is 24.0 Å². The van der Waals surface area contributed by atoms with E-state index in [0.717, 1.165) is 13.0 Å². The molecule has 0 bridgehead atoms. The summed E-state index contributed by atoms with van der Waals surface area (Å²) < 4.78 is 2.21. The summed E-state index contributed by atoms with van der Waals surface area (Å²) in [6.07, 6.45) is 4.52. The molecule has 0 amide bonds. The summed E-state index contributed by atoms with van der Waals surface area (Å²) in [6, 6.07) is 2.16. The van der Waals surface area contributed by atoms with E-state index in [-0.39, 0.29) is 19.0 Å². The van der Waals surface area contributed by atoms with Crippen molar-refractivity contribution in [2.75, 3.05) is 6.61 Å². The topological polar surface area (TPSA) is 37.0 Å². The fourth-order valence-corrected chi connectivity index (χ4v) is 2.83. The van der Waals surface area contributed by atoms with E-state index in [1.54, 1.807) is 11.3 Å². The number of halogens is 1. The van der Waals surface area contributed by atoms with Gasteiger partial charge in [-0.1, -0.05) is 11.3 Å². The number of hydrogen-bond acceptors (Lipinski definition) is 3. The Balaban J connectivity index is 0.00000162. The Bertz CT molecular complexity index is 513. The lowest BCUT2D eigenvalue weighted by Crippen LogP contribution is -3.00. The zero-order chi connectivity index (χ0) is 12.3. The number of aliphatic hydroxyl groups excluding tert-OH is 1. The summed E-state index contributed by atoms with van der Waals surface area (Å²) in [5.41, 5.74) is 5.76. The third kappa shape index (κ3) is 3.51. The first-order valence-corrected chi connectivity index (χ1v) is 6.56.